The van der Waals surface area contributed by atoms with E-state index in [1.807, 2.05) is 31.2 Å². The summed E-state index contributed by atoms with van der Waals surface area (Å²) >= 11 is 0. The lowest BCUT2D eigenvalue weighted by atomic mass is 10.3. The van der Waals surface area contributed by atoms with Gasteiger partial charge < -0.3 is 5.32 Å². The van der Waals surface area contributed by atoms with Gasteiger partial charge in [-0.15, -0.1) is 0 Å². The first-order chi connectivity index (χ1) is 7.81. The minimum Gasteiger partial charge on any atom is -0.369 e. The molecule has 2 rings (SSSR count). The molecule has 0 atom stereocenters. The average Bonchev–Trinajstić information content (AvgIpc) is 2.30. The molecule has 0 bridgehead atoms. The molecule has 0 aliphatic heterocycles. The van der Waals surface area contributed by atoms with E-state index in [-0.39, 0.29) is 0 Å². The highest BCUT2D eigenvalue weighted by Crippen LogP contribution is 2.15. The SMILES string of the molecule is CCCCNc1nc2ccccc2nc1C. The zero-order valence-corrected chi connectivity index (χ0v) is 9.83. The molecule has 16 heavy (non-hydrogen) atoms. The van der Waals surface area contributed by atoms with Gasteiger partial charge in [0.1, 0.15) is 5.82 Å². The van der Waals surface area contributed by atoms with Gasteiger partial charge in [-0.1, -0.05) is 25.5 Å². The van der Waals surface area contributed by atoms with E-state index in [2.05, 4.69) is 22.2 Å². The number of aryl methyl sites for hydroxylation is 1. The second-order valence-electron chi connectivity index (χ2n) is 3.93. The van der Waals surface area contributed by atoms with Gasteiger partial charge in [-0.3, -0.25) is 0 Å². The molecule has 1 heterocycles. The van der Waals surface area contributed by atoms with Gasteiger partial charge in [0.25, 0.3) is 0 Å². The summed E-state index contributed by atoms with van der Waals surface area (Å²) in [4.78, 5) is 9.10. The summed E-state index contributed by atoms with van der Waals surface area (Å²) in [5.41, 5.74) is 2.88. The molecule has 1 N–H and O–H groups in total. The van der Waals surface area contributed by atoms with Crippen LogP contribution in [0.5, 0.6) is 0 Å². The van der Waals surface area contributed by atoms with E-state index in [4.69, 9.17) is 0 Å². The minimum absolute atomic E-state index is 0.909. The van der Waals surface area contributed by atoms with Crippen LogP contribution in [0.25, 0.3) is 11.0 Å². The summed E-state index contributed by atoms with van der Waals surface area (Å²) in [5.74, 6) is 0.909. The normalized spacial score (nSPS) is 10.6. The van der Waals surface area contributed by atoms with Crippen molar-refractivity contribution in [3.8, 4) is 0 Å². The van der Waals surface area contributed by atoms with Crippen molar-refractivity contribution < 1.29 is 0 Å². The van der Waals surface area contributed by atoms with E-state index < -0.39 is 0 Å². The predicted molar refractivity (Wildman–Crippen MR) is 67.7 cm³/mol. The number of anilines is 1. The Balaban J connectivity index is 2.27. The topological polar surface area (TPSA) is 37.8 Å². The Kier molecular flexibility index (Phi) is 3.34. The van der Waals surface area contributed by atoms with Crippen LogP contribution in [0.15, 0.2) is 24.3 Å². The summed E-state index contributed by atoms with van der Waals surface area (Å²) in [7, 11) is 0. The smallest absolute Gasteiger partial charge is 0.148 e. The second-order valence-corrected chi connectivity index (χ2v) is 3.93. The van der Waals surface area contributed by atoms with Crippen molar-refractivity contribution in [3.05, 3.63) is 30.0 Å². The molecular formula is C13H17N3. The summed E-state index contributed by atoms with van der Waals surface area (Å²) in [5, 5.41) is 3.33. The van der Waals surface area contributed by atoms with Crippen molar-refractivity contribution >= 4 is 16.9 Å². The molecule has 3 nitrogen and oxygen atoms in total. The molecule has 0 radical (unpaired) electrons. The molecule has 3 heteroatoms. The van der Waals surface area contributed by atoms with Crippen molar-refractivity contribution in [2.24, 2.45) is 0 Å². The van der Waals surface area contributed by atoms with Crippen molar-refractivity contribution in [3.63, 3.8) is 0 Å². The number of benzene rings is 1. The highest BCUT2D eigenvalue weighted by atomic mass is 15.0. The Bertz CT molecular complexity index is 480. The number of nitrogens with zero attached hydrogens (tertiary/aromatic N) is 2. The third kappa shape index (κ3) is 2.30. The van der Waals surface area contributed by atoms with Crippen LogP contribution in [0.4, 0.5) is 5.82 Å². The van der Waals surface area contributed by atoms with Gasteiger partial charge in [0.05, 0.1) is 16.7 Å². The zero-order chi connectivity index (χ0) is 11.4. The van der Waals surface area contributed by atoms with Crippen molar-refractivity contribution in [2.45, 2.75) is 26.7 Å². The fourth-order valence-corrected chi connectivity index (χ4v) is 1.64. The fraction of sp³-hybridized carbons (Fsp3) is 0.385. The molecule has 0 spiro atoms. The Morgan fingerprint density at radius 3 is 2.50 bits per heavy atom. The maximum atomic E-state index is 4.57. The molecule has 0 aliphatic carbocycles. The van der Waals surface area contributed by atoms with E-state index in [9.17, 15) is 0 Å². The molecular weight excluding hydrogens is 198 g/mol. The Hall–Kier alpha value is -1.64. The monoisotopic (exact) mass is 215 g/mol. The molecule has 0 amide bonds. The number of hydrogen-bond acceptors (Lipinski definition) is 3. The number of para-hydroxylation sites is 2. The average molecular weight is 215 g/mol. The first-order valence-corrected chi connectivity index (χ1v) is 5.78. The summed E-state index contributed by atoms with van der Waals surface area (Å²) in [6.07, 6.45) is 2.35. The second kappa shape index (κ2) is 4.92. The van der Waals surface area contributed by atoms with Crippen LogP contribution in [-0.2, 0) is 0 Å². The lowest BCUT2D eigenvalue weighted by Gasteiger charge is -2.08. The van der Waals surface area contributed by atoms with E-state index in [0.717, 1.165) is 35.5 Å². The maximum absolute atomic E-state index is 4.57. The molecule has 2 aromatic rings. The van der Waals surface area contributed by atoms with E-state index in [1.165, 1.54) is 6.42 Å². The highest BCUT2D eigenvalue weighted by molar-refractivity contribution is 5.76. The zero-order valence-electron chi connectivity index (χ0n) is 9.83. The van der Waals surface area contributed by atoms with Crippen molar-refractivity contribution in [1.82, 2.24) is 9.97 Å². The quantitative estimate of drug-likeness (QED) is 0.796. The predicted octanol–water partition coefficient (Wildman–Crippen LogP) is 3.15. The molecule has 1 aromatic heterocycles. The van der Waals surface area contributed by atoms with Crippen LogP contribution in [0.2, 0.25) is 0 Å². The van der Waals surface area contributed by atoms with Crippen LogP contribution in [0.3, 0.4) is 0 Å². The van der Waals surface area contributed by atoms with Gasteiger partial charge in [0.15, 0.2) is 0 Å². The molecule has 0 fully saturated rings. The Morgan fingerprint density at radius 2 is 1.81 bits per heavy atom. The first kappa shape index (κ1) is 10.9. The minimum atomic E-state index is 0.909. The van der Waals surface area contributed by atoms with Gasteiger partial charge in [-0.25, -0.2) is 9.97 Å². The molecule has 1 aromatic carbocycles. The summed E-state index contributed by atoms with van der Waals surface area (Å²) in [6.45, 7) is 5.14. The van der Waals surface area contributed by atoms with Crippen molar-refractivity contribution in [1.29, 1.82) is 0 Å². The van der Waals surface area contributed by atoms with E-state index in [1.54, 1.807) is 0 Å². The van der Waals surface area contributed by atoms with E-state index in [0.29, 0.717) is 0 Å². The van der Waals surface area contributed by atoms with Gasteiger partial charge >= 0.3 is 0 Å². The largest absolute Gasteiger partial charge is 0.369 e. The number of fused-ring (bicyclic) bond motifs is 1. The van der Waals surface area contributed by atoms with E-state index >= 15 is 0 Å². The van der Waals surface area contributed by atoms with Gasteiger partial charge in [-0.2, -0.15) is 0 Å². The maximum Gasteiger partial charge on any atom is 0.148 e. The lowest BCUT2D eigenvalue weighted by Crippen LogP contribution is -2.06. The van der Waals surface area contributed by atoms with Gasteiger partial charge in [0.2, 0.25) is 0 Å². The lowest BCUT2D eigenvalue weighted by molar-refractivity contribution is 0.829. The summed E-state index contributed by atoms with van der Waals surface area (Å²) < 4.78 is 0. The molecule has 0 unspecified atom stereocenters. The highest BCUT2D eigenvalue weighted by Gasteiger charge is 2.03. The van der Waals surface area contributed by atoms with Crippen LogP contribution in [0.1, 0.15) is 25.5 Å². The van der Waals surface area contributed by atoms with Crippen molar-refractivity contribution in [2.75, 3.05) is 11.9 Å². The van der Waals surface area contributed by atoms with Crippen LogP contribution in [-0.4, -0.2) is 16.5 Å². The molecule has 84 valence electrons. The van der Waals surface area contributed by atoms with Gasteiger partial charge in [-0.05, 0) is 25.5 Å². The van der Waals surface area contributed by atoms with Gasteiger partial charge in [0, 0.05) is 6.54 Å². The Labute approximate surface area is 95.9 Å². The Morgan fingerprint density at radius 1 is 1.12 bits per heavy atom. The molecule has 0 aliphatic rings. The number of nitrogens with one attached hydrogen (secondary N) is 1. The third-order valence-corrected chi connectivity index (χ3v) is 2.57. The summed E-state index contributed by atoms with van der Waals surface area (Å²) in [6, 6.07) is 7.96. The standard InChI is InChI=1S/C13H17N3/c1-3-4-9-14-13-10(2)15-11-7-5-6-8-12(11)16-13/h5-8H,3-4,9H2,1-2H3,(H,14,16). The van der Waals surface area contributed by atoms with Crippen LogP contribution < -0.4 is 5.32 Å². The van der Waals surface area contributed by atoms with Crippen LogP contribution >= 0.6 is 0 Å². The third-order valence-electron chi connectivity index (χ3n) is 2.57. The first-order valence-electron chi connectivity index (χ1n) is 5.78. The van der Waals surface area contributed by atoms with Crippen LogP contribution in [0, 0.1) is 6.92 Å². The number of unbranched alkanes of at least 4 members (excludes halogenated alkanes) is 1. The fourth-order valence-electron chi connectivity index (χ4n) is 1.64. The number of aromatic nitrogens is 2. The number of hydrogen-bond donors (Lipinski definition) is 1. The molecule has 0 saturated carbocycles. The number of rotatable bonds is 4. The molecule has 0 saturated heterocycles.